The molecule has 0 bridgehead atoms. The Morgan fingerprint density at radius 2 is 2.21 bits per heavy atom. The molecule has 1 saturated heterocycles. The van der Waals surface area contributed by atoms with Crippen molar-refractivity contribution in [3.05, 3.63) is 0 Å². The van der Waals surface area contributed by atoms with Crippen LogP contribution in [-0.2, 0) is 9.68 Å². The summed E-state index contributed by atoms with van der Waals surface area (Å²) in [7, 11) is 0. The molecule has 6 heteroatoms. The molecule has 0 aromatic heterocycles. The molecule has 0 aromatic carbocycles. The molecular formula is C8H16N2O4. The Balaban J connectivity index is 1.52. The molecule has 3 N–H and O–H groups in total. The summed E-state index contributed by atoms with van der Waals surface area (Å²) in [6.07, 6.45) is 5.52. The highest BCUT2D eigenvalue weighted by Crippen LogP contribution is 2.40. The normalized spacial score (nSPS) is 35.8. The average Bonchev–Trinajstić information content (AvgIpc) is 2.90. The topological polar surface area (TPSA) is 77.5 Å². The molecule has 0 radical (unpaired) electrons. The van der Waals surface area contributed by atoms with Gasteiger partial charge in [0.25, 0.3) is 0 Å². The Kier molecular flexibility index (Phi) is 3.32. The van der Waals surface area contributed by atoms with Crippen molar-refractivity contribution in [2.24, 2.45) is 5.92 Å². The second-order valence-electron chi connectivity index (χ2n) is 3.92. The predicted molar refractivity (Wildman–Crippen MR) is 45.1 cm³/mol. The predicted octanol–water partition coefficient (Wildman–Crippen LogP) is 0.461. The van der Waals surface area contributed by atoms with E-state index in [0.717, 1.165) is 12.8 Å². The molecule has 2 fully saturated rings. The summed E-state index contributed by atoms with van der Waals surface area (Å²) in [5.41, 5.74) is 2.45. The highest BCUT2D eigenvalue weighted by molar-refractivity contribution is 4.91. The Morgan fingerprint density at radius 3 is 2.93 bits per heavy atom. The van der Waals surface area contributed by atoms with E-state index in [0.29, 0.717) is 24.7 Å². The Morgan fingerprint density at radius 1 is 1.36 bits per heavy atom. The van der Waals surface area contributed by atoms with Crippen molar-refractivity contribution in [2.45, 2.75) is 37.9 Å². The van der Waals surface area contributed by atoms with Crippen LogP contribution in [0.2, 0.25) is 0 Å². The molecule has 1 heterocycles. The van der Waals surface area contributed by atoms with Crippen LogP contribution in [-0.4, -0.2) is 34.6 Å². The second kappa shape index (κ2) is 4.52. The van der Waals surface area contributed by atoms with Gasteiger partial charge in [0, 0.05) is 6.54 Å². The zero-order chi connectivity index (χ0) is 9.97. The Bertz CT molecular complexity index is 190. The molecular weight excluding hydrogens is 188 g/mol. The minimum absolute atomic E-state index is 0.332. The fourth-order valence-electron chi connectivity index (χ4n) is 2.12. The zero-order valence-corrected chi connectivity index (χ0v) is 7.93. The third kappa shape index (κ3) is 2.88. The lowest BCUT2D eigenvalue weighted by Gasteiger charge is -2.18. The molecule has 3 unspecified atom stereocenters. The summed E-state index contributed by atoms with van der Waals surface area (Å²) in [6.45, 7) is 0.611. The van der Waals surface area contributed by atoms with Gasteiger partial charge in [-0.25, -0.2) is 0 Å². The van der Waals surface area contributed by atoms with Crippen LogP contribution < -0.4 is 5.48 Å². The number of hydroxylamine groups is 1. The van der Waals surface area contributed by atoms with Gasteiger partial charge in [0.05, 0.1) is 17.6 Å². The first-order valence-electron chi connectivity index (χ1n) is 4.99. The van der Waals surface area contributed by atoms with Gasteiger partial charge in [-0.3, -0.25) is 10.4 Å². The molecule has 1 saturated carbocycles. The van der Waals surface area contributed by atoms with E-state index < -0.39 is 0 Å². The van der Waals surface area contributed by atoms with Crippen LogP contribution in [0.4, 0.5) is 0 Å². The third-order valence-corrected chi connectivity index (χ3v) is 2.91. The number of nitrogens with one attached hydrogen (secondary N) is 1. The summed E-state index contributed by atoms with van der Waals surface area (Å²) in [4.78, 5) is 4.23. The van der Waals surface area contributed by atoms with Crippen LogP contribution >= 0.6 is 0 Å². The van der Waals surface area contributed by atoms with Gasteiger partial charge in [-0.05, 0) is 31.6 Å². The van der Waals surface area contributed by atoms with E-state index in [1.807, 2.05) is 0 Å². The smallest absolute Gasteiger partial charge is 0.0892 e. The van der Waals surface area contributed by atoms with Crippen molar-refractivity contribution in [3.63, 3.8) is 0 Å². The molecule has 0 amide bonds. The number of hydrogen-bond donors (Lipinski definition) is 3. The maximum atomic E-state index is 8.22. The van der Waals surface area contributed by atoms with Crippen LogP contribution in [0.3, 0.4) is 0 Å². The monoisotopic (exact) mass is 204 g/mol. The van der Waals surface area contributed by atoms with Gasteiger partial charge in [0.2, 0.25) is 0 Å². The van der Waals surface area contributed by atoms with Gasteiger partial charge < -0.3 is 4.74 Å². The molecule has 2 aliphatic rings. The highest BCUT2D eigenvalue weighted by atomic mass is 17.1. The zero-order valence-electron chi connectivity index (χ0n) is 7.93. The number of nitrogens with zero attached hydrogens (tertiary/aromatic N) is 1. The maximum Gasteiger partial charge on any atom is 0.0892 e. The molecule has 1 aliphatic carbocycles. The molecule has 14 heavy (non-hydrogen) atoms. The molecule has 1 aliphatic heterocycles. The van der Waals surface area contributed by atoms with Gasteiger partial charge in [-0.1, -0.05) is 0 Å². The largest absolute Gasteiger partial charge is 0.370 e. The van der Waals surface area contributed by atoms with Crippen molar-refractivity contribution in [1.29, 1.82) is 0 Å². The lowest BCUT2D eigenvalue weighted by molar-refractivity contribution is -0.511. The van der Waals surface area contributed by atoms with E-state index >= 15 is 0 Å². The van der Waals surface area contributed by atoms with Crippen LogP contribution in [0.5, 0.6) is 0 Å². The quantitative estimate of drug-likeness (QED) is 0.343. The van der Waals surface area contributed by atoms with E-state index in [1.54, 1.807) is 0 Å². The van der Waals surface area contributed by atoms with Crippen LogP contribution in [0.15, 0.2) is 0 Å². The lowest BCUT2D eigenvalue weighted by atomic mass is 9.87. The molecule has 6 nitrogen and oxygen atoms in total. The molecule has 82 valence electrons. The summed E-state index contributed by atoms with van der Waals surface area (Å²) in [5.74, 6) is 0.667. The van der Waals surface area contributed by atoms with E-state index in [4.69, 9.17) is 15.2 Å². The Hall–Kier alpha value is -0.240. The van der Waals surface area contributed by atoms with E-state index in [-0.39, 0.29) is 5.39 Å². The maximum absolute atomic E-state index is 8.22. The molecule has 0 spiro atoms. The second-order valence-corrected chi connectivity index (χ2v) is 3.92. The number of epoxide rings is 1. The first kappa shape index (κ1) is 10.3. The fourth-order valence-corrected chi connectivity index (χ4v) is 2.12. The van der Waals surface area contributed by atoms with Gasteiger partial charge in [0.15, 0.2) is 0 Å². The summed E-state index contributed by atoms with van der Waals surface area (Å²) >= 11 is 0. The van der Waals surface area contributed by atoms with Gasteiger partial charge in [-0.15, -0.1) is 0 Å². The SMILES string of the molecule is ON(O)ONCCC1CCC2OC2C1. The Labute approximate surface area is 82.2 Å². The lowest BCUT2D eigenvalue weighted by Crippen LogP contribution is -2.28. The van der Waals surface area contributed by atoms with E-state index in [2.05, 4.69) is 10.4 Å². The van der Waals surface area contributed by atoms with Gasteiger partial charge in [-0.2, -0.15) is 10.4 Å². The highest BCUT2D eigenvalue weighted by Gasteiger charge is 2.43. The van der Waals surface area contributed by atoms with Crippen molar-refractivity contribution in [3.8, 4) is 0 Å². The van der Waals surface area contributed by atoms with Crippen molar-refractivity contribution in [2.75, 3.05) is 6.54 Å². The molecule has 3 atom stereocenters. The van der Waals surface area contributed by atoms with Crippen molar-refractivity contribution in [1.82, 2.24) is 10.9 Å². The number of hydrogen-bond acceptors (Lipinski definition) is 6. The van der Waals surface area contributed by atoms with Crippen molar-refractivity contribution < 1.29 is 20.1 Å². The molecule has 0 aromatic rings. The van der Waals surface area contributed by atoms with E-state index in [9.17, 15) is 0 Å². The summed E-state index contributed by atoms with van der Waals surface area (Å²) in [5, 5.41) is 16.1. The minimum atomic E-state index is -0.332. The number of ether oxygens (including phenoxy) is 1. The van der Waals surface area contributed by atoms with Crippen LogP contribution in [0, 0.1) is 5.92 Å². The molecule has 2 rings (SSSR count). The van der Waals surface area contributed by atoms with Gasteiger partial charge in [0.1, 0.15) is 0 Å². The minimum Gasteiger partial charge on any atom is -0.370 e. The first-order valence-corrected chi connectivity index (χ1v) is 4.99. The van der Waals surface area contributed by atoms with Crippen LogP contribution in [0.25, 0.3) is 0 Å². The fraction of sp³-hybridized carbons (Fsp3) is 1.00. The summed E-state index contributed by atoms with van der Waals surface area (Å²) in [6, 6.07) is 0. The standard InChI is InChI=1S/C8H16N2O4/c11-10(12)14-9-4-3-6-1-2-7-8(5-6)13-7/h6-9,11-12H,1-5H2. The van der Waals surface area contributed by atoms with Crippen LogP contribution in [0.1, 0.15) is 25.7 Å². The van der Waals surface area contributed by atoms with Gasteiger partial charge >= 0.3 is 0 Å². The third-order valence-electron chi connectivity index (χ3n) is 2.91. The summed E-state index contributed by atoms with van der Waals surface area (Å²) < 4.78 is 5.41. The first-order chi connectivity index (χ1) is 6.75. The van der Waals surface area contributed by atoms with E-state index in [1.165, 1.54) is 12.8 Å². The number of fused-ring (bicyclic) bond motifs is 1. The number of rotatable bonds is 5. The average molecular weight is 204 g/mol. The van der Waals surface area contributed by atoms with Crippen molar-refractivity contribution >= 4 is 0 Å².